The molecule has 28 heavy (non-hydrogen) atoms. The fourth-order valence-electron chi connectivity index (χ4n) is 2.35. The molecule has 0 unspecified atom stereocenters. The average Bonchev–Trinajstić information content (AvgIpc) is 2.67. The molecule has 1 N–H and O–H groups in total. The van der Waals surface area contributed by atoms with E-state index in [4.69, 9.17) is 25.8 Å². The third-order valence-electron chi connectivity index (χ3n) is 3.57. The van der Waals surface area contributed by atoms with Gasteiger partial charge in [-0.1, -0.05) is 34.5 Å². The number of nitrogens with one attached hydrogen (secondary N) is 1. The van der Waals surface area contributed by atoms with Crippen molar-refractivity contribution in [1.29, 1.82) is 0 Å². The van der Waals surface area contributed by atoms with Crippen LogP contribution in [-0.4, -0.2) is 32.4 Å². The van der Waals surface area contributed by atoms with Gasteiger partial charge < -0.3 is 14.2 Å². The molecule has 1 amide bonds. The van der Waals surface area contributed by atoms with Gasteiger partial charge in [0.1, 0.15) is 5.75 Å². The Hall–Kier alpha value is -2.25. The largest absolute Gasteiger partial charge is 0.496 e. The van der Waals surface area contributed by atoms with Gasteiger partial charge >= 0.3 is 0 Å². The van der Waals surface area contributed by atoms with Crippen LogP contribution >= 0.6 is 27.5 Å². The van der Waals surface area contributed by atoms with Crippen molar-refractivity contribution >= 4 is 39.7 Å². The van der Waals surface area contributed by atoms with E-state index in [1.807, 2.05) is 13.8 Å². The van der Waals surface area contributed by atoms with E-state index >= 15 is 0 Å². The third kappa shape index (κ3) is 5.87. The number of rotatable bonds is 9. The number of hydrogen-bond acceptors (Lipinski definition) is 5. The number of hydrazone groups is 1. The van der Waals surface area contributed by atoms with Gasteiger partial charge in [0.2, 0.25) is 0 Å². The first-order valence-electron chi connectivity index (χ1n) is 8.76. The van der Waals surface area contributed by atoms with Gasteiger partial charge in [0.05, 0.1) is 37.1 Å². The Labute approximate surface area is 177 Å². The van der Waals surface area contributed by atoms with E-state index < -0.39 is 5.91 Å². The number of amides is 1. The maximum absolute atomic E-state index is 12.4. The number of carbonyl (C=O) groups is 1. The van der Waals surface area contributed by atoms with Crippen LogP contribution in [0.3, 0.4) is 0 Å². The molecule has 2 aromatic rings. The Morgan fingerprint density at radius 2 is 2.00 bits per heavy atom. The maximum atomic E-state index is 12.4. The number of halogens is 2. The smallest absolute Gasteiger partial charge is 0.275 e. The summed E-state index contributed by atoms with van der Waals surface area (Å²) in [6.45, 7) is 4.90. The third-order valence-corrected chi connectivity index (χ3v) is 4.34. The van der Waals surface area contributed by atoms with Gasteiger partial charge in [0, 0.05) is 4.47 Å². The first-order valence-corrected chi connectivity index (χ1v) is 9.93. The van der Waals surface area contributed by atoms with Crippen LogP contribution in [-0.2, 0) is 0 Å². The Morgan fingerprint density at radius 1 is 1.21 bits per heavy atom. The maximum Gasteiger partial charge on any atom is 0.275 e. The normalized spacial score (nSPS) is 10.8. The first kappa shape index (κ1) is 22.0. The van der Waals surface area contributed by atoms with Gasteiger partial charge in [-0.05, 0) is 49.2 Å². The molecule has 8 heteroatoms. The minimum absolute atomic E-state index is 0.366. The minimum atomic E-state index is -0.395. The predicted octanol–water partition coefficient (Wildman–Crippen LogP) is 5.06. The predicted molar refractivity (Wildman–Crippen MR) is 114 cm³/mol. The van der Waals surface area contributed by atoms with Crippen molar-refractivity contribution in [3.63, 3.8) is 0 Å². The molecule has 0 bridgehead atoms. The molecule has 0 radical (unpaired) electrons. The quantitative estimate of drug-likeness (QED) is 0.411. The van der Waals surface area contributed by atoms with Crippen molar-refractivity contribution in [2.24, 2.45) is 5.10 Å². The van der Waals surface area contributed by atoms with Crippen LogP contribution in [0.25, 0.3) is 0 Å². The zero-order chi connectivity index (χ0) is 20.5. The highest BCUT2D eigenvalue weighted by molar-refractivity contribution is 9.10. The van der Waals surface area contributed by atoms with Crippen molar-refractivity contribution < 1.29 is 19.0 Å². The molecule has 0 spiro atoms. The van der Waals surface area contributed by atoms with Crippen LogP contribution in [0.2, 0.25) is 5.02 Å². The molecule has 0 aromatic heterocycles. The number of hydrogen-bond donors (Lipinski definition) is 1. The molecule has 0 aliphatic rings. The van der Waals surface area contributed by atoms with E-state index in [1.54, 1.807) is 30.3 Å². The fourth-order valence-corrected chi connectivity index (χ4v) is 2.99. The Bertz CT molecular complexity index is 858. The van der Waals surface area contributed by atoms with Gasteiger partial charge in [-0.15, -0.1) is 0 Å². The van der Waals surface area contributed by atoms with Crippen LogP contribution < -0.4 is 19.6 Å². The van der Waals surface area contributed by atoms with Gasteiger partial charge in [0.15, 0.2) is 11.5 Å². The van der Waals surface area contributed by atoms with Gasteiger partial charge in [-0.3, -0.25) is 4.79 Å². The molecule has 0 aliphatic carbocycles. The second-order valence-electron chi connectivity index (χ2n) is 5.66. The summed E-state index contributed by atoms with van der Waals surface area (Å²) in [4.78, 5) is 12.4. The minimum Gasteiger partial charge on any atom is -0.496 e. The molecule has 2 aromatic carbocycles. The number of nitrogens with zero attached hydrogens (tertiary/aromatic N) is 1. The van der Waals surface area contributed by atoms with Gasteiger partial charge in [-0.25, -0.2) is 5.43 Å². The van der Waals surface area contributed by atoms with E-state index in [9.17, 15) is 4.79 Å². The monoisotopic (exact) mass is 468 g/mol. The molecule has 150 valence electrons. The van der Waals surface area contributed by atoms with Gasteiger partial charge in [0.25, 0.3) is 5.91 Å². The summed E-state index contributed by atoms with van der Waals surface area (Å²) < 4.78 is 17.3. The molecule has 0 saturated carbocycles. The van der Waals surface area contributed by atoms with Crippen molar-refractivity contribution in [2.45, 2.75) is 20.3 Å². The lowest BCUT2D eigenvalue weighted by atomic mass is 10.2. The zero-order valence-corrected chi connectivity index (χ0v) is 18.3. The lowest BCUT2D eigenvalue weighted by Crippen LogP contribution is -2.18. The average molecular weight is 470 g/mol. The SMILES string of the molecule is CCCOc1c(Cl)cc(/C=N\NC(=O)c2cc(Br)ccc2OC)cc1OCC. The van der Waals surface area contributed by atoms with E-state index in [2.05, 4.69) is 26.5 Å². The van der Waals surface area contributed by atoms with Crippen LogP contribution in [0.5, 0.6) is 17.2 Å². The molecule has 6 nitrogen and oxygen atoms in total. The standard InChI is InChI=1S/C20H22BrClN2O4/c1-4-8-28-19-16(22)9-13(10-18(19)27-5-2)12-23-24-20(25)15-11-14(21)6-7-17(15)26-3/h6-7,9-12H,4-5,8H2,1-3H3,(H,24,25)/b23-12-. The lowest BCUT2D eigenvalue weighted by molar-refractivity contribution is 0.0952. The molecule has 2 rings (SSSR count). The summed E-state index contributed by atoms with van der Waals surface area (Å²) in [5.74, 6) is 1.10. The number of ether oxygens (including phenoxy) is 3. The van der Waals surface area contributed by atoms with E-state index in [0.717, 1.165) is 10.9 Å². The van der Waals surface area contributed by atoms with Crippen LogP contribution in [0.4, 0.5) is 0 Å². The van der Waals surface area contributed by atoms with Crippen LogP contribution in [0.15, 0.2) is 39.9 Å². The summed E-state index contributed by atoms with van der Waals surface area (Å²) in [5, 5.41) is 4.42. The Kier molecular flexibility index (Phi) is 8.60. The van der Waals surface area contributed by atoms with Crippen molar-refractivity contribution in [2.75, 3.05) is 20.3 Å². The summed E-state index contributed by atoms with van der Waals surface area (Å²) in [6, 6.07) is 8.61. The van der Waals surface area contributed by atoms with Crippen molar-refractivity contribution in [3.8, 4) is 17.2 Å². The second kappa shape index (κ2) is 10.9. The molecular weight excluding hydrogens is 448 g/mol. The molecule has 0 saturated heterocycles. The summed E-state index contributed by atoms with van der Waals surface area (Å²) in [5.41, 5.74) is 3.52. The second-order valence-corrected chi connectivity index (χ2v) is 6.98. The van der Waals surface area contributed by atoms with Crippen molar-refractivity contribution in [3.05, 3.63) is 51.0 Å². The highest BCUT2D eigenvalue weighted by Gasteiger charge is 2.13. The summed E-state index contributed by atoms with van der Waals surface area (Å²) >= 11 is 9.66. The lowest BCUT2D eigenvalue weighted by Gasteiger charge is -2.13. The topological polar surface area (TPSA) is 69.2 Å². The molecule has 0 heterocycles. The molecular formula is C20H22BrClN2O4. The van der Waals surface area contributed by atoms with Crippen molar-refractivity contribution in [1.82, 2.24) is 5.43 Å². The summed E-state index contributed by atoms with van der Waals surface area (Å²) in [7, 11) is 1.50. The Morgan fingerprint density at radius 3 is 2.68 bits per heavy atom. The fraction of sp³-hybridized carbons (Fsp3) is 0.300. The van der Waals surface area contributed by atoms with E-state index in [0.29, 0.717) is 46.6 Å². The van der Waals surface area contributed by atoms with Gasteiger partial charge in [-0.2, -0.15) is 5.10 Å². The molecule has 0 atom stereocenters. The summed E-state index contributed by atoms with van der Waals surface area (Å²) in [6.07, 6.45) is 2.34. The van der Waals surface area contributed by atoms with Crippen LogP contribution in [0, 0.1) is 0 Å². The molecule has 0 aliphatic heterocycles. The number of carbonyl (C=O) groups excluding carboxylic acids is 1. The Balaban J connectivity index is 2.17. The number of methoxy groups -OCH3 is 1. The van der Waals surface area contributed by atoms with Crippen LogP contribution in [0.1, 0.15) is 36.2 Å². The highest BCUT2D eigenvalue weighted by atomic mass is 79.9. The first-order chi connectivity index (χ1) is 13.5. The zero-order valence-electron chi connectivity index (χ0n) is 15.9. The highest BCUT2D eigenvalue weighted by Crippen LogP contribution is 2.36. The van der Waals surface area contributed by atoms with E-state index in [1.165, 1.54) is 13.3 Å². The number of benzene rings is 2. The van der Waals surface area contributed by atoms with E-state index in [-0.39, 0.29) is 0 Å². The molecule has 0 fully saturated rings.